The number of hydrogen-bond acceptors (Lipinski definition) is 3. The van der Waals surface area contributed by atoms with E-state index in [4.69, 9.17) is 5.73 Å². The van der Waals surface area contributed by atoms with Crippen LogP contribution in [0.2, 0.25) is 0 Å². The van der Waals surface area contributed by atoms with Gasteiger partial charge in [-0.1, -0.05) is 6.07 Å². The van der Waals surface area contributed by atoms with Gasteiger partial charge in [0.05, 0.1) is 0 Å². The highest BCUT2D eigenvalue weighted by atomic mass is 16.1. The molecule has 0 unspecified atom stereocenters. The Morgan fingerprint density at radius 3 is 2.78 bits per heavy atom. The van der Waals surface area contributed by atoms with Crippen LogP contribution in [0.5, 0.6) is 0 Å². The quantitative estimate of drug-likeness (QED) is 0.798. The fourth-order valence-electron chi connectivity index (χ4n) is 2.40. The van der Waals surface area contributed by atoms with E-state index in [2.05, 4.69) is 16.3 Å². The van der Waals surface area contributed by atoms with E-state index in [1.54, 1.807) is 6.92 Å². The Labute approximate surface area is 108 Å². The molecule has 0 aliphatic carbocycles. The first-order chi connectivity index (χ1) is 8.65. The lowest BCUT2D eigenvalue weighted by Gasteiger charge is -2.33. The highest BCUT2D eigenvalue weighted by molar-refractivity contribution is 5.72. The summed E-state index contributed by atoms with van der Waals surface area (Å²) in [6, 6.07) is 8.03. The van der Waals surface area contributed by atoms with Gasteiger partial charge >= 0.3 is 0 Å². The van der Waals surface area contributed by atoms with E-state index >= 15 is 0 Å². The molecule has 1 aliphatic rings. The van der Waals surface area contributed by atoms with E-state index < -0.39 is 0 Å². The Hall–Kier alpha value is -1.71. The van der Waals surface area contributed by atoms with E-state index in [0.29, 0.717) is 5.92 Å². The van der Waals surface area contributed by atoms with Crippen molar-refractivity contribution < 1.29 is 4.79 Å². The van der Waals surface area contributed by atoms with Crippen molar-refractivity contribution in [1.82, 2.24) is 5.32 Å². The van der Waals surface area contributed by atoms with E-state index in [1.165, 1.54) is 5.69 Å². The van der Waals surface area contributed by atoms with Gasteiger partial charge in [0.1, 0.15) is 0 Å². The third-order valence-corrected chi connectivity index (χ3v) is 3.49. The molecule has 4 heteroatoms. The van der Waals surface area contributed by atoms with E-state index in [9.17, 15) is 4.79 Å². The zero-order valence-corrected chi connectivity index (χ0v) is 10.9. The smallest absolute Gasteiger partial charge is 0.216 e. The van der Waals surface area contributed by atoms with Crippen molar-refractivity contribution in [3.63, 3.8) is 0 Å². The fourth-order valence-corrected chi connectivity index (χ4v) is 2.40. The molecule has 18 heavy (non-hydrogen) atoms. The lowest BCUT2D eigenvalue weighted by molar-refractivity contribution is -0.119. The molecule has 0 saturated carbocycles. The summed E-state index contributed by atoms with van der Waals surface area (Å²) in [4.78, 5) is 13.2. The number of hydrogen-bond donors (Lipinski definition) is 2. The number of rotatable bonds is 3. The second-order valence-corrected chi connectivity index (χ2v) is 4.96. The van der Waals surface area contributed by atoms with Crippen LogP contribution in [-0.2, 0) is 4.79 Å². The molecule has 2 rings (SSSR count). The van der Waals surface area contributed by atoms with Crippen LogP contribution < -0.4 is 16.0 Å². The van der Waals surface area contributed by atoms with Crippen LogP contribution in [0, 0.1) is 5.92 Å². The van der Waals surface area contributed by atoms with Crippen molar-refractivity contribution in [1.29, 1.82) is 0 Å². The van der Waals surface area contributed by atoms with Crippen molar-refractivity contribution in [2.24, 2.45) is 5.92 Å². The number of piperidine rings is 1. The van der Waals surface area contributed by atoms with E-state index in [-0.39, 0.29) is 5.91 Å². The number of carbonyl (C=O) groups excluding carboxylic acids is 1. The highest BCUT2D eigenvalue weighted by Crippen LogP contribution is 2.24. The zero-order valence-electron chi connectivity index (χ0n) is 10.9. The Morgan fingerprint density at radius 2 is 2.17 bits per heavy atom. The van der Waals surface area contributed by atoms with Gasteiger partial charge in [0.25, 0.3) is 0 Å². The molecule has 98 valence electrons. The molecule has 0 spiro atoms. The molecule has 1 aliphatic heterocycles. The number of nitrogen functional groups attached to an aromatic ring is 1. The molecule has 0 aromatic heterocycles. The zero-order chi connectivity index (χ0) is 13.0. The molecule has 4 nitrogen and oxygen atoms in total. The molecule has 1 fully saturated rings. The molecule has 1 aromatic rings. The molecule has 0 bridgehead atoms. The van der Waals surface area contributed by atoms with Crippen molar-refractivity contribution >= 4 is 17.3 Å². The Balaban J connectivity index is 1.85. The number of nitrogens with zero attached hydrogens (tertiary/aromatic N) is 1. The van der Waals surface area contributed by atoms with Crippen LogP contribution in [0.15, 0.2) is 24.3 Å². The summed E-state index contributed by atoms with van der Waals surface area (Å²) in [6.07, 6.45) is 2.24. The lowest BCUT2D eigenvalue weighted by Crippen LogP contribution is -2.38. The Morgan fingerprint density at radius 1 is 1.44 bits per heavy atom. The largest absolute Gasteiger partial charge is 0.399 e. The third-order valence-electron chi connectivity index (χ3n) is 3.49. The van der Waals surface area contributed by atoms with Gasteiger partial charge in [-0.2, -0.15) is 0 Å². The molecule has 1 heterocycles. The minimum Gasteiger partial charge on any atom is -0.399 e. The van der Waals surface area contributed by atoms with E-state index in [1.807, 2.05) is 18.2 Å². The number of amides is 1. The Bertz CT molecular complexity index is 411. The maximum Gasteiger partial charge on any atom is 0.216 e. The highest BCUT2D eigenvalue weighted by Gasteiger charge is 2.19. The maximum absolute atomic E-state index is 10.9. The first-order valence-electron chi connectivity index (χ1n) is 6.50. The van der Waals surface area contributed by atoms with Gasteiger partial charge < -0.3 is 16.0 Å². The van der Waals surface area contributed by atoms with Crippen LogP contribution >= 0.6 is 0 Å². The van der Waals surface area contributed by atoms with Crippen LogP contribution in [0.4, 0.5) is 11.4 Å². The van der Waals surface area contributed by atoms with Crippen LogP contribution in [0.1, 0.15) is 19.8 Å². The summed E-state index contributed by atoms with van der Waals surface area (Å²) in [5, 5.41) is 2.90. The predicted octanol–water partition coefficient (Wildman–Crippen LogP) is 1.62. The van der Waals surface area contributed by atoms with Gasteiger partial charge in [-0.25, -0.2) is 0 Å². The van der Waals surface area contributed by atoms with Crippen molar-refractivity contribution in [2.45, 2.75) is 19.8 Å². The predicted molar refractivity (Wildman–Crippen MR) is 74.5 cm³/mol. The molecule has 0 atom stereocenters. The van der Waals surface area contributed by atoms with Crippen LogP contribution in [-0.4, -0.2) is 25.5 Å². The minimum absolute atomic E-state index is 0.0632. The summed E-state index contributed by atoms with van der Waals surface area (Å²) in [5.41, 5.74) is 7.81. The number of nitrogens with two attached hydrogens (primary N) is 1. The molecule has 3 N–H and O–H groups in total. The Kier molecular flexibility index (Phi) is 4.07. The summed E-state index contributed by atoms with van der Waals surface area (Å²) in [7, 11) is 0. The van der Waals surface area contributed by atoms with Crippen molar-refractivity contribution in [3.8, 4) is 0 Å². The average molecular weight is 247 g/mol. The lowest BCUT2D eigenvalue weighted by atomic mass is 9.96. The summed E-state index contributed by atoms with van der Waals surface area (Å²) in [5.74, 6) is 0.666. The minimum atomic E-state index is 0.0632. The van der Waals surface area contributed by atoms with Crippen LogP contribution in [0.25, 0.3) is 0 Å². The van der Waals surface area contributed by atoms with Gasteiger partial charge in [-0.05, 0) is 37.0 Å². The second kappa shape index (κ2) is 5.76. The molecule has 1 aromatic carbocycles. The molecule has 1 saturated heterocycles. The second-order valence-electron chi connectivity index (χ2n) is 4.96. The molecule has 1 amide bonds. The first kappa shape index (κ1) is 12.7. The van der Waals surface area contributed by atoms with Gasteiger partial charge in [-0.3, -0.25) is 4.79 Å². The van der Waals surface area contributed by atoms with Crippen molar-refractivity contribution in [3.05, 3.63) is 24.3 Å². The summed E-state index contributed by atoms with van der Waals surface area (Å²) < 4.78 is 0. The maximum atomic E-state index is 10.9. The molecular formula is C14H21N3O. The van der Waals surface area contributed by atoms with Gasteiger partial charge in [0, 0.05) is 37.9 Å². The van der Waals surface area contributed by atoms with Gasteiger partial charge in [0.2, 0.25) is 5.91 Å². The third kappa shape index (κ3) is 3.39. The molecular weight excluding hydrogens is 226 g/mol. The summed E-state index contributed by atoms with van der Waals surface area (Å²) >= 11 is 0. The van der Waals surface area contributed by atoms with Gasteiger partial charge in [0.15, 0.2) is 0 Å². The van der Waals surface area contributed by atoms with Crippen molar-refractivity contribution in [2.75, 3.05) is 30.3 Å². The SMILES string of the molecule is CC(=O)NCC1CCN(c2cccc(N)c2)CC1. The molecule has 0 radical (unpaired) electrons. The standard InChI is InChI=1S/C14H21N3O/c1-11(18)16-10-12-5-7-17(8-6-12)14-4-2-3-13(15)9-14/h2-4,9,12H,5-8,10,15H2,1H3,(H,16,18). The fraction of sp³-hybridized carbons (Fsp3) is 0.500. The normalized spacial score (nSPS) is 16.6. The first-order valence-corrected chi connectivity index (χ1v) is 6.50. The topological polar surface area (TPSA) is 58.4 Å². The number of carbonyl (C=O) groups is 1. The van der Waals surface area contributed by atoms with E-state index in [0.717, 1.165) is 38.2 Å². The number of nitrogens with one attached hydrogen (secondary N) is 1. The average Bonchev–Trinajstić information content (AvgIpc) is 2.37. The summed E-state index contributed by atoms with van der Waals surface area (Å²) in [6.45, 7) is 4.45. The monoisotopic (exact) mass is 247 g/mol. The number of anilines is 2. The van der Waals surface area contributed by atoms with Gasteiger partial charge in [-0.15, -0.1) is 0 Å². The number of benzene rings is 1. The van der Waals surface area contributed by atoms with Crippen LogP contribution in [0.3, 0.4) is 0 Å².